The van der Waals surface area contributed by atoms with Crippen LogP contribution in [0.1, 0.15) is 72.5 Å². The van der Waals surface area contributed by atoms with Crippen LogP contribution in [-0.4, -0.2) is 45.7 Å². The molecule has 0 saturated carbocycles. The first-order valence-electron chi connectivity index (χ1n) is 17.2. The molecule has 0 saturated heterocycles. The van der Waals surface area contributed by atoms with Crippen LogP contribution in [0.4, 0.5) is 16.3 Å². The number of hydrogen-bond acceptors (Lipinski definition) is 9. The molecule has 266 valence electrons. The van der Waals surface area contributed by atoms with Crippen molar-refractivity contribution in [1.29, 1.82) is 0 Å². The number of alkyl carbamates (subject to hydrolysis) is 1. The SMILES string of the molecule is CCCCCCOC(=O)NC(N)c1ccc(NCc2nc3cc(C(=O)N(CCC(=O)Oc4ccccc4C)c4ccccn4)ccc3n2C)cc1. The molecule has 2 aromatic heterocycles. The van der Waals surface area contributed by atoms with Crippen molar-refractivity contribution in [3.05, 3.63) is 114 Å². The van der Waals surface area contributed by atoms with Crippen LogP contribution in [0.25, 0.3) is 11.0 Å². The number of benzene rings is 3. The van der Waals surface area contributed by atoms with Gasteiger partial charge in [-0.3, -0.25) is 14.5 Å². The van der Waals surface area contributed by atoms with Gasteiger partial charge in [-0.2, -0.15) is 0 Å². The Balaban J connectivity index is 1.21. The lowest BCUT2D eigenvalue weighted by atomic mass is 10.1. The van der Waals surface area contributed by atoms with Crippen molar-refractivity contribution in [3.63, 3.8) is 0 Å². The molecule has 5 rings (SSSR count). The summed E-state index contributed by atoms with van der Waals surface area (Å²) in [6.45, 7) is 4.88. The number of aryl methyl sites for hydroxylation is 2. The van der Waals surface area contributed by atoms with Crippen LogP contribution < -0.4 is 26.0 Å². The number of nitrogens with zero attached hydrogens (tertiary/aromatic N) is 4. The second-order valence-corrected chi connectivity index (χ2v) is 12.2. The van der Waals surface area contributed by atoms with Gasteiger partial charge in [-0.15, -0.1) is 0 Å². The number of esters is 1. The van der Waals surface area contributed by atoms with Gasteiger partial charge in [0.05, 0.1) is 30.6 Å². The van der Waals surface area contributed by atoms with E-state index in [-0.39, 0.29) is 18.9 Å². The Kier molecular flexibility index (Phi) is 12.7. The fraction of sp³-hybridized carbons (Fsp3) is 0.308. The number of nitrogens with two attached hydrogens (primary N) is 1. The average molecular weight is 692 g/mol. The minimum Gasteiger partial charge on any atom is -0.450 e. The summed E-state index contributed by atoms with van der Waals surface area (Å²) in [7, 11) is 1.92. The van der Waals surface area contributed by atoms with Gasteiger partial charge in [0.1, 0.15) is 23.6 Å². The summed E-state index contributed by atoms with van der Waals surface area (Å²) in [6.07, 6.45) is 4.46. The molecule has 1 atom stereocenters. The fourth-order valence-corrected chi connectivity index (χ4v) is 5.51. The third-order valence-electron chi connectivity index (χ3n) is 8.47. The topological polar surface area (TPSA) is 154 Å². The second kappa shape index (κ2) is 17.8. The van der Waals surface area contributed by atoms with Gasteiger partial charge in [0.25, 0.3) is 5.91 Å². The van der Waals surface area contributed by atoms with Crippen molar-refractivity contribution < 1.29 is 23.9 Å². The number of hydrogen-bond donors (Lipinski definition) is 3. The van der Waals surface area contributed by atoms with E-state index in [0.29, 0.717) is 35.8 Å². The molecule has 2 amide bonds. The van der Waals surface area contributed by atoms with Gasteiger partial charge >= 0.3 is 12.1 Å². The van der Waals surface area contributed by atoms with Crippen molar-refractivity contribution >= 4 is 40.5 Å². The second-order valence-electron chi connectivity index (χ2n) is 12.2. The summed E-state index contributed by atoms with van der Waals surface area (Å²) in [4.78, 5) is 49.4. The van der Waals surface area contributed by atoms with Crippen LogP contribution in [0, 0.1) is 6.92 Å². The molecule has 1 unspecified atom stereocenters. The molecule has 0 radical (unpaired) electrons. The average Bonchev–Trinajstić information content (AvgIpc) is 3.46. The molecule has 0 bridgehead atoms. The van der Waals surface area contributed by atoms with Crippen LogP contribution in [0.2, 0.25) is 0 Å². The van der Waals surface area contributed by atoms with E-state index in [1.807, 2.05) is 61.0 Å². The largest absolute Gasteiger partial charge is 0.450 e. The van der Waals surface area contributed by atoms with E-state index < -0.39 is 18.2 Å². The highest BCUT2D eigenvalue weighted by Gasteiger charge is 2.22. The minimum absolute atomic E-state index is 0.0204. The lowest BCUT2D eigenvalue weighted by Crippen LogP contribution is -2.34. The highest BCUT2D eigenvalue weighted by Crippen LogP contribution is 2.22. The van der Waals surface area contributed by atoms with E-state index >= 15 is 0 Å². The Bertz CT molecular complexity index is 1930. The van der Waals surface area contributed by atoms with E-state index in [1.165, 1.54) is 4.90 Å². The third-order valence-corrected chi connectivity index (χ3v) is 8.47. The monoisotopic (exact) mass is 691 g/mol. The molecule has 12 heteroatoms. The molecule has 3 aromatic carbocycles. The van der Waals surface area contributed by atoms with Gasteiger partial charge in [-0.1, -0.05) is 62.6 Å². The van der Waals surface area contributed by atoms with E-state index in [4.69, 9.17) is 20.2 Å². The van der Waals surface area contributed by atoms with Crippen LogP contribution in [0.15, 0.2) is 91.1 Å². The fourth-order valence-electron chi connectivity index (χ4n) is 5.51. The molecule has 51 heavy (non-hydrogen) atoms. The number of imidazole rings is 1. The number of para-hydroxylation sites is 1. The molecule has 0 spiro atoms. The number of carbonyl (C=O) groups is 3. The quantitative estimate of drug-likeness (QED) is 0.0439. The van der Waals surface area contributed by atoms with Gasteiger partial charge in [-0.25, -0.2) is 14.8 Å². The molecule has 0 aliphatic rings. The molecule has 5 aromatic rings. The Morgan fingerprint density at radius 3 is 2.49 bits per heavy atom. The summed E-state index contributed by atoms with van der Waals surface area (Å²) in [5.41, 5.74) is 10.5. The maximum Gasteiger partial charge on any atom is 0.408 e. The Morgan fingerprint density at radius 1 is 0.961 bits per heavy atom. The van der Waals surface area contributed by atoms with Crippen molar-refractivity contribution in [2.24, 2.45) is 12.8 Å². The van der Waals surface area contributed by atoms with E-state index in [2.05, 4.69) is 22.5 Å². The lowest BCUT2D eigenvalue weighted by Gasteiger charge is -2.21. The summed E-state index contributed by atoms with van der Waals surface area (Å²) in [5.74, 6) is 0.928. The number of unbranched alkanes of at least 4 members (excludes halogenated alkanes) is 3. The van der Waals surface area contributed by atoms with Crippen molar-refractivity contribution in [1.82, 2.24) is 19.9 Å². The highest BCUT2D eigenvalue weighted by atomic mass is 16.5. The summed E-state index contributed by atoms with van der Waals surface area (Å²) >= 11 is 0. The maximum atomic E-state index is 13.9. The van der Waals surface area contributed by atoms with Gasteiger partial charge in [0.15, 0.2) is 0 Å². The standard InChI is InChI=1S/C39H45N7O5/c1-4-5-6-11-24-50-39(49)44-37(40)28-15-18-30(19-16-28)42-26-35-43-31-25-29(17-20-32(31)45(35)3)38(48)46(34-14-9-10-22-41-34)23-21-36(47)51-33-13-8-7-12-27(33)2/h7-10,12-20,22,25,37,42H,4-6,11,21,23-24,26,40H2,1-3H3,(H,44,49). The molecule has 2 heterocycles. The summed E-state index contributed by atoms with van der Waals surface area (Å²) in [5, 5.41) is 6.05. The molecule has 0 aliphatic heterocycles. The molecule has 4 N–H and O–H groups in total. The Hall–Kier alpha value is -5.75. The van der Waals surface area contributed by atoms with E-state index in [9.17, 15) is 14.4 Å². The maximum absolute atomic E-state index is 13.9. The van der Waals surface area contributed by atoms with E-state index in [1.54, 1.807) is 48.7 Å². The number of ether oxygens (including phenoxy) is 2. The number of carbonyl (C=O) groups excluding carboxylic acids is 3. The van der Waals surface area contributed by atoms with Crippen molar-refractivity contribution in [2.75, 3.05) is 23.4 Å². The molecule has 12 nitrogen and oxygen atoms in total. The van der Waals surface area contributed by atoms with Gasteiger partial charge in [-0.05, 0) is 73.0 Å². The lowest BCUT2D eigenvalue weighted by molar-refractivity contribution is -0.134. The predicted octanol–water partition coefficient (Wildman–Crippen LogP) is 6.80. The number of fused-ring (bicyclic) bond motifs is 1. The Morgan fingerprint density at radius 2 is 1.75 bits per heavy atom. The van der Waals surface area contributed by atoms with Crippen LogP contribution in [0.5, 0.6) is 5.75 Å². The van der Waals surface area contributed by atoms with Crippen LogP contribution in [0.3, 0.4) is 0 Å². The predicted molar refractivity (Wildman–Crippen MR) is 197 cm³/mol. The van der Waals surface area contributed by atoms with Crippen molar-refractivity contribution in [3.8, 4) is 5.75 Å². The highest BCUT2D eigenvalue weighted by molar-refractivity contribution is 6.07. The first kappa shape index (κ1) is 36.5. The Labute approximate surface area is 298 Å². The van der Waals surface area contributed by atoms with Gasteiger partial charge in [0.2, 0.25) is 0 Å². The molecule has 0 fully saturated rings. The number of pyridine rings is 1. The summed E-state index contributed by atoms with van der Waals surface area (Å²) in [6, 6.07) is 25.4. The molecule has 0 aliphatic carbocycles. The molecular formula is C39H45N7O5. The minimum atomic E-state index is -0.695. The zero-order valence-corrected chi connectivity index (χ0v) is 29.3. The first-order chi connectivity index (χ1) is 24.7. The molecular weight excluding hydrogens is 646 g/mol. The normalized spacial score (nSPS) is 11.5. The van der Waals surface area contributed by atoms with Gasteiger partial charge in [0, 0.05) is 31.0 Å². The number of anilines is 2. The zero-order chi connectivity index (χ0) is 36.2. The number of nitrogens with one attached hydrogen (secondary N) is 2. The third kappa shape index (κ3) is 9.92. The smallest absolute Gasteiger partial charge is 0.408 e. The van der Waals surface area contributed by atoms with Crippen LogP contribution >= 0.6 is 0 Å². The first-order valence-corrected chi connectivity index (χ1v) is 17.2. The number of rotatable bonds is 16. The number of amides is 2. The zero-order valence-electron chi connectivity index (χ0n) is 29.3. The number of aromatic nitrogens is 3. The van der Waals surface area contributed by atoms with Crippen molar-refractivity contribution in [2.45, 2.75) is 58.7 Å². The van der Waals surface area contributed by atoms with Gasteiger partial charge < -0.3 is 30.4 Å². The van der Waals surface area contributed by atoms with E-state index in [0.717, 1.165) is 53.8 Å². The van der Waals surface area contributed by atoms with Crippen LogP contribution in [-0.2, 0) is 23.1 Å². The summed E-state index contributed by atoms with van der Waals surface area (Å²) < 4.78 is 12.8.